The van der Waals surface area contributed by atoms with Gasteiger partial charge in [0.25, 0.3) is 0 Å². The molecule has 0 amide bonds. The van der Waals surface area contributed by atoms with Crippen LogP contribution < -0.4 is 0 Å². The van der Waals surface area contributed by atoms with E-state index in [9.17, 15) is 0 Å². The summed E-state index contributed by atoms with van der Waals surface area (Å²) < 4.78 is 17.7. The first kappa shape index (κ1) is 17.9. The predicted octanol–water partition coefficient (Wildman–Crippen LogP) is 4.99. The Morgan fingerprint density at radius 1 is 1.24 bits per heavy atom. The largest absolute Gasteiger partial charge is 0.441 e. The van der Waals surface area contributed by atoms with Crippen molar-refractivity contribution in [1.82, 2.24) is 4.98 Å². The lowest BCUT2D eigenvalue weighted by Gasteiger charge is -2.28. The molecule has 2 aromatic rings. The van der Waals surface area contributed by atoms with E-state index in [1.165, 1.54) is 5.56 Å². The molecule has 0 radical (unpaired) electrons. The van der Waals surface area contributed by atoms with Crippen LogP contribution in [0.2, 0.25) is 0 Å². The normalized spacial score (nSPS) is 20.6. The second-order valence-corrected chi connectivity index (χ2v) is 6.74. The summed E-state index contributed by atoms with van der Waals surface area (Å²) in [5.41, 5.74) is 3.08. The van der Waals surface area contributed by atoms with E-state index >= 15 is 0 Å². The van der Waals surface area contributed by atoms with Crippen molar-refractivity contribution in [3.8, 4) is 11.5 Å². The van der Waals surface area contributed by atoms with Gasteiger partial charge < -0.3 is 13.9 Å². The third-order valence-electron chi connectivity index (χ3n) is 4.64. The molecule has 0 spiro atoms. The van der Waals surface area contributed by atoms with Crippen molar-refractivity contribution in [3.05, 3.63) is 53.9 Å². The minimum Gasteiger partial charge on any atom is -0.441 e. The lowest BCUT2D eigenvalue weighted by molar-refractivity contribution is -0.0448. The van der Waals surface area contributed by atoms with E-state index in [4.69, 9.17) is 13.9 Å². The van der Waals surface area contributed by atoms with Gasteiger partial charge in [0.05, 0.1) is 25.4 Å². The minimum absolute atomic E-state index is 0.224. The van der Waals surface area contributed by atoms with Crippen LogP contribution in [0, 0.1) is 13.8 Å². The Morgan fingerprint density at radius 2 is 2.04 bits per heavy atom. The number of benzene rings is 1. The molecule has 4 heteroatoms. The van der Waals surface area contributed by atoms with Gasteiger partial charge in [-0.3, -0.25) is 0 Å². The zero-order valence-corrected chi connectivity index (χ0v) is 15.2. The molecule has 134 valence electrons. The van der Waals surface area contributed by atoms with Gasteiger partial charge in [0.2, 0.25) is 5.89 Å². The van der Waals surface area contributed by atoms with Crippen LogP contribution >= 0.6 is 0 Å². The number of aryl methyl sites for hydroxylation is 2. The van der Waals surface area contributed by atoms with Crippen molar-refractivity contribution in [2.45, 2.75) is 58.3 Å². The Bertz CT molecular complexity index is 707. The molecule has 25 heavy (non-hydrogen) atoms. The van der Waals surface area contributed by atoms with Gasteiger partial charge >= 0.3 is 0 Å². The van der Waals surface area contributed by atoms with Gasteiger partial charge in [-0.15, -0.1) is 6.58 Å². The maximum Gasteiger partial charge on any atom is 0.226 e. The number of rotatable bonds is 7. The molecule has 3 rings (SSSR count). The molecule has 1 aromatic heterocycles. The summed E-state index contributed by atoms with van der Waals surface area (Å²) in [6.07, 6.45) is 6.56. The van der Waals surface area contributed by atoms with Crippen molar-refractivity contribution >= 4 is 0 Å². The van der Waals surface area contributed by atoms with Gasteiger partial charge in [0.1, 0.15) is 11.5 Å². The summed E-state index contributed by atoms with van der Waals surface area (Å²) in [6, 6.07) is 8.19. The van der Waals surface area contributed by atoms with Gasteiger partial charge in [-0.1, -0.05) is 23.8 Å². The van der Waals surface area contributed by atoms with Crippen LogP contribution in [0.25, 0.3) is 11.5 Å². The molecule has 2 unspecified atom stereocenters. The van der Waals surface area contributed by atoms with Crippen LogP contribution in [-0.2, 0) is 16.1 Å². The van der Waals surface area contributed by atoms with Crippen molar-refractivity contribution in [2.24, 2.45) is 0 Å². The lowest BCUT2D eigenvalue weighted by Crippen LogP contribution is -2.28. The van der Waals surface area contributed by atoms with Crippen LogP contribution in [-0.4, -0.2) is 23.8 Å². The van der Waals surface area contributed by atoms with Crippen LogP contribution in [0.1, 0.15) is 42.7 Å². The first-order valence-electron chi connectivity index (χ1n) is 9.03. The highest BCUT2D eigenvalue weighted by Crippen LogP contribution is 2.26. The van der Waals surface area contributed by atoms with Crippen molar-refractivity contribution in [2.75, 3.05) is 6.61 Å². The fourth-order valence-corrected chi connectivity index (χ4v) is 3.27. The summed E-state index contributed by atoms with van der Waals surface area (Å²) in [4.78, 5) is 4.64. The van der Waals surface area contributed by atoms with E-state index < -0.39 is 0 Å². The number of hydrogen-bond donors (Lipinski definition) is 0. The summed E-state index contributed by atoms with van der Waals surface area (Å²) >= 11 is 0. The van der Waals surface area contributed by atoms with Gasteiger partial charge in [0.15, 0.2) is 0 Å². The van der Waals surface area contributed by atoms with Gasteiger partial charge in [-0.25, -0.2) is 4.98 Å². The highest BCUT2D eigenvalue weighted by Gasteiger charge is 2.23. The molecule has 1 aromatic carbocycles. The molecule has 1 fully saturated rings. The summed E-state index contributed by atoms with van der Waals surface area (Å²) in [6.45, 7) is 8.82. The van der Waals surface area contributed by atoms with Gasteiger partial charge in [-0.2, -0.15) is 0 Å². The molecular weight excluding hydrogens is 314 g/mol. The van der Waals surface area contributed by atoms with Crippen molar-refractivity contribution in [3.63, 3.8) is 0 Å². The van der Waals surface area contributed by atoms with Gasteiger partial charge in [0, 0.05) is 5.56 Å². The number of ether oxygens (including phenoxy) is 2. The zero-order valence-electron chi connectivity index (χ0n) is 15.2. The Kier molecular flexibility index (Phi) is 6.05. The molecule has 0 saturated heterocycles. The number of nitrogens with zero attached hydrogens (tertiary/aromatic N) is 1. The SMILES string of the molecule is C=CCOC1CCCC(OCc2nc(-c3cccc(C)c3)oc2C)C1. The Labute approximate surface area is 149 Å². The quantitative estimate of drug-likeness (QED) is 0.666. The van der Waals surface area contributed by atoms with Crippen molar-refractivity contribution < 1.29 is 13.9 Å². The molecule has 1 aliphatic rings. The van der Waals surface area contributed by atoms with Crippen LogP contribution in [0.15, 0.2) is 41.3 Å². The first-order chi connectivity index (χ1) is 12.2. The standard InChI is InChI=1S/C21H27NO3/c1-4-11-23-18-9-6-10-19(13-18)24-14-20-16(3)25-21(22-20)17-8-5-7-15(2)12-17/h4-5,7-8,12,18-19H,1,6,9-11,13-14H2,2-3H3. The molecule has 1 aliphatic carbocycles. The second kappa shape index (κ2) is 8.45. The molecule has 0 bridgehead atoms. The lowest BCUT2D eigenvalue weighted by atomic mass is 9.95. The number of aromatic nitrogens is 1. The fourth-order valence-electron chi connectivity index (χ4n) is 3.27. The smallest absolute Gasteiger partial charge is 0.226 e. The minimum atomic E-state index is 0.224. The van der Waals surface area contributed by atoms with Gasteiger partial charge in [-0.05, 0) is 51.7 Å². The Morgan fingerprint density at radius 3 is 2.80 bits per heavy atom. The molecule has 4 nitrogen and oxygen atoms in total. The second-order valence-electron chi connectivity index (χ2n) is 6.74. The average Bonchev–Trinajstić information content (AvgIpc) is 2.99. The van der Waals surface area contributed by atoms with Crippen LogP contribution in [0.5, 0.6) is 0 Å². The average molecular weight is 341 g/mol. The summed E-state index contributed by atoms with van der Waals surface area (Å²) in [5, 5.41) is 0. The molecular formula is C21H27NO3. The summed E-state index contributed by atoms with van der Waals surface area (Å²) in [7, 11) is 0. The third-order valence-corrected chi connectivity index (χ3v) is 4.64. The first-order valence-corrected chi connectivity index (χ1v) is 9.03. The number of oxazole rings is 1. The molecule has 2 atom stereocenters. The van der Waals surface area contributed by atoms with E-state index in [1.807, 2.05) is 19.1 Å². The van der Waals surface area contributed by atoms with E-state index in [0.29, 0.717) is 19.1 Å². The maximum atomic E-state index is 6.10. The number of hydrogen-bond acceptors (Lipinski definition) is 4. The molecule has 0 N–H and O–H groups in total. The summed E-state index contributed by atoms with van der Waals surface area (Å²) in [5.74, 6) is 1.49. The highest BCUT2D eigenvalue weighted by atomic mass is 16.5. The van der Waals surface area contributed by atoms with Crippen molar-refractivity contribution in [1.29, 1.82) is 0 Å². The van der Waals surface area contributed by atoms with E-state index in [1.54, 1.807) is 6.08 Å². The maximum absolute atomic E-state index is 6.10. The molecule has 0 aliphatic heterocycles. The molecule has 1 saturated carbocycles. The van der Waals surface area contributed by atoms with E-state index in [-0.39, 0.29) is 12.2 Å². The monoisotopic (exact) mass is 341 g/mol. The van der Waals surface area contributed by atoms with E-state index in [0.717, 1.165) is 42.7 Å². The fraction of sp³-hybridized carbons (Fsp3) is 0.476. The zero-order chi connectivity index (χ0) is 17.6. The Hall–Kier alpha value is -1.91. The third kappa shape index (κ3) is 4.80. The predicted molar refractivity (Wildman–Crippen MR) is 98.4 cm³/mol. The molecule has 1 heterocycles. The van der Waals surface area contributed by atoms with Crippen LogP contribution in [0.3, 0.4) is 0 Å². The topological polar surface area (TPSA) is 44.5 Å². The Balaban J connectivity index is 1.59. The van der Waals surface area contributed by atoms with E-state index in [2.05, 4.69) is 30.6 Å². The highest BCUT2D eigenvalue weighted by molar-refractivity contribution is 5.54. The van der Waals surface area contributed by atoms with Crippen LogP contribution in [0.4, 0.5) is 0 Å².